The van der Waals surface area contributed by atoms with Crippen LogP contribution in [0.5, 0.6) is 0 Å². The van der Waals surface area contributed by atoms with Gasteiger partial charge in [-0.05, 0) is 85.1 Å². The van der Waals surface area contributed by atoms with Gasteiger partial charge >= 0.3 is 5.97 Å². The summed E-state index contributed by atoms with van der Waals surface area (Å²) >= 11 is 0. The summed E-state index contributed by atoms with van der Waals surface area (Å²) in [6.07, 6.45) is 6.42. The molecule has 3 aromatic rings. The van der Waals surface area contributed by atoms with Gasteiger partial charge in [0, 0.05) is 0 Å². The van der Waals surface area contributed by atoms with Crippen LogP contribution in [0, 0.1) is 13.8 Å². The molecule has 2 heteroatoms. The number of fused-ring (bicyclic) bond motifs is 1. The van der Waals surface area contributed by atoms with Gasteiger partial charge in [-0.15, -0.1) is 0 Å². The first-order valence-electron chi connectivity index (χ1n) is 10.2. The second-order valence-electron chi connectivity index (χ2n) is 8.04. The van der Waals surface area contributed by atoms with E-state index in [0.717, 1.165) is 25.7 Å². The predicted molar refractivity (Wildman–Crippen MR) is 119 cm³/mol. The molecule has 0 unspecified atom stereocenters. The minimum Gasteiger partial charge on any atom is -0.478 e. The summed E-state index contributed by atoms with van der Waals surface area (Å²) in [5.41, 5.74) is 11.1. The largest absolute Gasteiger partial charge is 0.478 e. The van der Waals surface area contributed by atoms with Crippen molar-refractivity contribution in [2.45, 2.75) is 39.5 Å². The molecule has 1 aliphatic carbocycles. The third kappa shape index (κ3) is 4.32. The van der Waals surface area contributed by atoms with Crippen molar-refractivity contribution in [3.63, 3.8) is 0 Å². The van der Waals surface area contributed by atoms with Crippen LogP contribution in [0.25, 0.3) is 11.6 Å². The topological polar surface area (TPSA) is 37.3 Å². The number of carboxylic acids is 1. The highest BCUT2D eigenvalue weighted by Gasteiger charge is 2.19. The first kappa shape index (κ1) is 19.2. The van der Waals surface area contributed by atoms with Gasteiger partial charge in [0.25, 0.3) is 0 Å². The lowest BCUT2D eigenvalue weighted by Gasteiger charge is -2.11. The monoisotopic (exact) mass is 382 g/mol. The normalized spacial score (nSPS) is 14.2. The van der Waals surface area contributed by atoms with E-state index in [1.165, 1.54) is 44.5 Å². The molecule has 0 saturated carbocycles. The molecule has 0 aromatic heterocycles. The Labute approximate surface area is 172 Å². The fourth-order valence-electron chi connectivity index (χ4n) is 4.41. The third-order valence-electron chi connectivity index (χ3n) is 5.69. The number of hydrogen-bond acceptors (Lipinski definition) is 1. The lowest BCUT2D eigenvalue weighted by atomic mass is 9.94. The Morgan fingerprint density at radius 1 is 0.931 bits per heavy atom. The SMILES string of the molecule is Cc1cc(C)cc(C=C2CCc3cccc(CCc4ccc(C(=O)O)cc4)c32)c1. The van der Waals surface area contributed by atoms with Crippen LogP contribution in [0.3, 0.4) is 0 Å². The molecule has 1 aliphatic rings. The molecule has 0 spiro atoms. The fourth-order valence-corrected chi connectivity index (χ4v) is 4.41. The van der Waals surface area contributed by atoms with Gasteiger partial charge in [0.05, 0.1) is 5.56 Å². The van der Waals surface area contributed by atoms with Crippen molar-refractivity contribution in [1.82, 2.24) is 0 Å². The molecule has 1 N–H and O–H groups in total. The summed E-state index contributed by atoms with van der Waals surface area (Å²) in [6, 6.07) is 20.6. The molecule has 0 heterocycles. The molecule has 0 amide bonds. The van der Waals surface area contributed by atoms with Gasteiger partial charge in [0.15, 0.2) is 0 Å². The summed E-state index contributed by atoms with van der Waals surface area (Å²) < 4.78 is 0. The predicted octanol–water partition coefficient (Wildman–Crippen LogP) is 6.27. The molecule has 0 radical (unpaired) electrons. The first-order chi connectivity index (χ1) is 14.0. The van der Waals surface area contributed by atoms with Gasteiger partial charge < -0.3 is 5.11 Å². The highest BCUT2D eigenvalue weighted by molar-refractivity contribution is 5.88. The zero-order valence-electron chi connectivity index (χ0n) is 17.0. The summed E-state index contributed by atoms with van der Waals surface area (Å²) in [5, 5.41) is 9.07. The van der Waals surface area contributed by atoms with Crippen LogP contribution in [-0.2, 0) is 19.3 Å². The van der Waals surface area contributed by atoms with Crippen molar-refractivity contribution in [2.24, 2.45) is 0 Å². The molecule has 146 valence electrons. The fraction of sp³-hybridized carbons (Fsp3) is 0.222. The number of benzene rings is 3. The Kier molecular flexibility index (Phi) is 5.35. The minimum atomic E-state index is -0.876. The molecule has 0 saturated heterocycles. The van der Waals surface area contributed by atoms with E-state index >= 15 is 0 Å². The minimum absolute atomic E-state index is 0.341. The maximum atomic E-state index is 11.0. The van der Waals surface area contributed by atoms with Crippen molar-refractivity contribution >= 4 is 17.6 Å². The molecular formula is C27H26O2. The van der Waals surface area contributed by atoms with Crippen LogP contribution in [0.4, 0.5) is 0 Å². The zero-order valence-corrected chi connectivity index (χ0v) is 17.0. The van der Waals surface area contributed by atoms with Gasteiger partial charge in [-0.25, -0.2) is 4.79 Å². The summed E-state index contributed by atoms with van der Waals surface area (Å²) in [7, 11) is 0. The smallest absolute Gasteiger partial charge is 0.335 e. The average Bonchev–Trinajstić information content (AvgIpc) is 3.09. The Morgan fingerprint density at radius 2 is 1.66 bits per heavy atom. The Morgan fingerprint density at radius 3 is 2.34 bits per heavy atom. The highest BCUT2D eigenvalue weighted by Crippen LogP contribution is 2.37. The number of aryl methyl sites for hydroxylation is 5. The van der Waals surface area contributed by atoms with Gasteiger partial charge in [-0.1, -0.05) is 65.7 Å². The van der Waals surface area contributed by atoms with Crippen molar-refractivity contribution in [1.29, 1.82) is 0 Å². The van der Waals surface area contributed by atoms with Gasteiger partial charge in [0.2, 0.25) is 0 Å². The number of carboxylic acid groups (broad SMARTS) is 1. The number of allylic oxidation sites excluding steroid dienone is 1. The van der Waals surface area contributed by atoms with E-state index in [2.05, 4.69) is 56.3 Å². The molecule has 0 bridgehead atoms. The molecule has 4 rings (SSSR count). The van der Waals surface area contributed by atoms with E-state index in [4.69, 9.17) is 5.11 Å². The quantitative estimate of drug-likeness (QED) is 0.564. The lowest BCUT2D eigenvalue weighted by Crippen LogP contribution is -1.99. The Bertz CT molecular complexity index is 1070. The van der Waals surface area contributed by atoms with E-state index in [9.17, 15) is 4.79 Å². The second kappa shape index (κ2) is 8.08. The molecule has 0 aliphatic heterocycles. The molecular weight excluding hydrogens is 356 g/mol. The number of carbonyl (C=O) groups is 1. The number of hydrogen-bond donors (Lipinski definition) is 1. The van der Waals surface area contributed by atoms with E-state index < -0.39 is 5.97 Å². The van der Waals surface area contributed by atoms with Crippen LogP contribution in [0.15, 0.2) is 60.7 Å². The number of aromatic carboxylic acids is 1. The Hall–Kier alpha value is -3.13. The van der Waals surface area contributed by atoms with Crippen LogP contribution < -0.4 is 0 Å². The van der Waals surface area contributed by atoms with Gasteiger partial charge in [0.1, 0.15) is 0 Å². The highest BCUT2D eigenvalue weighted by atomic mass is 16.4. The second-order valence-corrected chi connectivity index (χ2v) is 8.04. The maximum Gasteiger partial charge on any atom is 0.335 e. The van der Waals surface area contributed by atoms with E-state index in [1.54, 1.807) is 12.1 Å². The molecule has 0 atom stereocenters. The van der Waals surface area contributed by atoms with E-state index in [0.29, 0.717) is 5.56 Å². The van der Waals surface area contributed by atoms with Crippen LogP contribution in [-0.4, -0.2) is 11.1 Å². The van der Waals surface area contributed by atoms with Crippen LogP contribution in [0.1, 0.15) is 55.7 Å². The summed E-state index contributed by atoms with van der Waals surface area (Å²) in [6.45, 7) is 4.30. The molecule has 2 nitrogen and oxygen atoms in total. The van der Waals surface area contributed by atoms with Gasteiger partial charge in [-0.3, -0.25) is 0 Å². The van der Waals surface area contributed by atoms with Gasteiger partial charge in [-0.2, -0.15) is 0 Å². The van der Waals surface area contributed by atoms with Crippen molar-refractivity contribution in [3.8, 4) is 0 Å². The Balaban J connectivity index is 1.60. The summed E-state index contributed by atoms with van der Waals surface area (Å²) in [4.78, 5) is 11.0. The molecule has 0 fully saturated rings. The lowest BCUT2D eigenvalue weighted by molar-refractivity contribution is 0.0697. The first-order valence-corrected chi connectivity index (χ1v) is 10.2. The summed E-state index contributed by atoms with van der Waals surface area (Å²) in [5.74, 6) is -0.876. The van der Waals surface area contributed by atoms with Crippen molar-refractivity contribution in [2.75, 3.05) is 0 Å². The maximum absolute atomic E-state index is 11.0. The number of rotatable bonds is 5. The van der Waals surface area contributed by atoms with Crippen molar-refractivity contribution < 1.29 is 9.90 Å². The average molecular weight is 383 g/mol. The van der Waals surface area contributed by atoms with Crippen molar-refractivity contribution in [3.05, 3.63) is 105 Å². The van der Waals surface area contributed by atoms with E-state index in [1.807, 2.05) is 12.1 Å². The standard InChI is InChI=1S/C27H26O2/c1-18-14-19(2)16-21(15-18)17-25-13-12-23-5-3-4-22(26(23)25)9-6-20-7-10-24(11-8-20)27(28)29/h3-5,7-8,10-11,14-17H,6,9,12-13H2,1-2H3,(H,28,29). The van der Waals surface area contributed by atoms with E-state index in [-0.39, 0.29) is 0 Å². The third-order valence-corrected chi connectivity index (χ3v) is 5.69. The van der Waals surface area contributed by atoms with Crippen LogP contribution in [0.2, 0.25) is 0 Å². The molecule has 3 aromatic carbocycles. The molecule has 29 heavy (non-hydrogen) atoms. The zero-order chi connectivity index (χ0) is 20.4. The van der Waals surface area contributed by atoms with Crippen LogP contribution >= 0.6 is 0 Å².